The number of carbonyl (C=O) groups excluding carboxylic acids is 2. The van der Waals surface area contributed by atoms with E-state index in [1.54, 1.807) is 30.3 Å². The maximum Gasteiger partial charge on any atom is 0.259 e. The number of halogens is 1. The predicted molar refractivity (Wildman–Crippen MR) is 105 cm³/mol. The smallest absolute Gasteiger partial charge is 0.259 e. The number of hydrogen-bond donors (Lipinski definition) is 1. The van der Waals surface area contributed by atoms with E-state index in [0.717, 1.165) is 6.42 Å². The molecule has 0 saturated carbocycles. The van der Waals surface area contributed by atoms with Gasteiger partial charge in [0.25, 0.3) is 5.91 Å². The number of hydrogen-bond acceptors (Lipinski definition) is 4. The van der Waals surface area contributed by atoms with Crippen molar-refractivity contribution in [2.24, 2.45) is 0 Å². The number of carbonyl (C=O) groups is 2. The summed E-state index contributed by atoms with van der Waals surface area (Å²) in [5.74, 6) is 0.258. The number of nitrogens with one attached hydrogen (secondary N) is 1. The fourth-order valence-electron chi connectivity index (χ4n) is 2.87. The first-order chi connectivity index (χ1) is 13.0. The van der Waals surface area contributed by atoms with Gasteiger partial charge in [-0.05, 0) is 37.6 Å². The molecule has 1 N–H and O–H groups in total. The number of benzene rings is 2. The molecule has 1 heterocycles. The van der Waals surface area contributed by atoms with E-state index in [1.807, 2.05) is 19.9 Å². The lowest BCUT2D eigenvalue weighted by Gasteiger charge is -2.29. The third-order valence-corrected chi connectivity index (χ3v) is 4.30. The Morgan fingerprint density at radius 3 is 2.74 bits per heavy atom. The quantitative estimate of drug-likeness (QED) is 0.808. The van der Waals surface area contributed by atoms with Crippen molar-refractivity contribution in [2.45, 2.75) is 20.3 Å². The lowest BCUT2D eigenvalue weighted by Crippen LogP contribution is -2.42. The number of rotatable bonds is 6. The zero-order chi connectivity index (χ0) is 19.4. The minimum Gasteiger partial charge on any atom is -0.490 e. The van der Waals surface area contributed by atoms with Crippen LogP contribution in [-0.4, -0.2) is 31.6 Å². The van der Waals surface area contributed by atoms with Gasteiger partial charge in [0.05, 0.1) is 29.6 Å². The Morgan fingerprint density at radius 2 is 2.00 bits per heavy atom. The van der Waals surface area contributed by atoms with E-state index in [-0.39, 0.29) is 18.4 Å². The molecule has 0 aliphatic carbocycles. The second-order valence-corrected chi connectivity index (χ2v) is 6.43. The SMILES string of the molecule is CCCOc1c(Cl)cc(C(=O)N2CC(=O)Nc3ccccc32)cc1OCC. The van der Waals surface area contributed by atoms with Crippen LogP contribution in [0.5, 0.6) is 11.5 Å². The van der Waals surface area contributed by atoms with Gasteiger partial charge in [-0.1, -0.05) is 30.7 Å². The molecule has 6 nitrogen and oxygen atoms in total. The highest BCUT2D eigenvalue weighted by atomic mass is 35.5. The molecule has 2 aromatic carbocycles. The summed E-state index contributed by atoms with van der Waals surface area (Å²) in [6.07, 6.45) is 0.822. The van der Waals surface area contributed by atoms with Crippen molar-refractivity contribution in [1.29, 1.82) is 0 Å². The number of amides is 2. The molecule has 142 valence electrons. The van der Waals surface area contributed by atoms with Gasteiger partial charge in [0.15, 0.2) is 11.5 Å². The van der Waals surface area contributed by atoms with E-state index in [9.17, 15) is 9.59 Å². The number of fused-ring (bicyclic) bond motifs is 1. The van der Waals surface area contributed by atoms with E-state index in [1.165, 1.54) is 4.90 Å². The third-order valence-electron chi connectivity index (χ3n) is 4.02. The maximum absolute atomic E-state index is 13.1. The lowest BCUT2D eigenvalue weighted by atomic mass is 10.1. The molecule has 3 rings (SSSR count). The second kappa shape index (κ2) is 8.31. The molecule has 1 aliphatic rings. The van der Waals surface area contributed by atoms with Crippen LogP contribution >= 0.6 is 11.6 Å². The maximum atomic E-state index is 13.1. The molecule has 0 aromatic heterocycles. The largest absolute Gasteiger partial charge is 0.490 e. The average molecular weight is 389 g/mol. The normalized spacial score (nSPS) is 13.0. The van der Waals surface area contributed by atoms with Crippen LogP contribution in [0.25, 0.3) is 0 Å². The Labute approximate surface area is 163 Å². The molecule has 2 amide bonds. The van der Waals surface area contributed by atoms with Crippen LogP contribution in [0.1, 0.15) is 30.6 Å². The molecular weight excluding hydrogens is 368 g/mol. The van der Waals surface area contributed by atoms with Crippen LogP contribution in [0.4, 0.5) is 11.4 Å². The number of para-hydroxylation sites is 2. The Balaban J connectivity index is 1.98. The molecule has 1 aliphatic heterocycles. The first-order valence-electron chi connectivity index (χ1n) is 8.85. The summed E-state index contributed by atoms with van der Waals surface area (Å²) in [5, 5.41) is 3.07. The third kappa shape index (κ3) is 4.01. The van der Waals surface area contributed by atoms with Gasteiger partial charge in [-0.3, -0.25) is 14.5 Å². The molecule has 0 unspecified atom stereocenters. The van der Waals surface area contributed by atoms with Gasteiger partial charge < -0.3 is 14.8 Å². The molecule has 0 radical (unpaired) electrons. The summed E-state index contributed by atoms with van der Waals surface area (Å²) in [4.78, 5) is 26.6. The van der Waals surface area contributed by atoms with Crippen molar-refractivity contribution in [3.8, 4) is 11.5 Å². The van der Waals surface area contributed by atoms with Gasteiger partial charge >= 0.3 is 0 Å². The molecular formula is C20H21ClN2O4. The molecule has 7 heteroatoms. The highest BCUT2D eigenvalue weighted by Gasteiger charge is 2.28. The average Bonchev–Trinajstić information content (AvgIpc) is 2.66. The van der Waals surface area contributed by atoms with Crippen LogP contribution in [-0.2, 0) is 4.79 Å². The van der Waals surface area contributed by atoms with Crippen LogP contribution < -0.4 is 19.7 Å². The zero-order valence-electron chi connectivity index (χ0n) is 15.3. The van der Waals surface area contributed by atoms with Crippen LogP contribution in [0.3, 0.4) is 0 Å². The summed E-state index contributed by atoms with van der Waals surface area (Å²) in [5.41, 5.74) is 1.57. The molecule has 0 spiro atoms. The predicted octanol–water partition coefficient (Wildman–Crippen LogP) is 4.13. The molecule has 0 atom stereocenters. The summed E-state index contributed by atoms with van der Waals surface area (Å²) in [6, 6.07) is 10.3. The van der Waals surface area contributed by atoms with Gasteiger partial charge in [0.2, 0.25) is 5.91 Å². The first-order valence-corrected chi connectivity index (χ1v) is 9.22. The highest BCUT2D eigenvalue weighted by molar-refractivity contribution is 6.33. The van der Waals surface area contributed by atoms with Gasteiger partial charge in [0, 0.05) is 5.56 Å². The van der Waals surface area contributed by atoms with Crippen LogP contribution in [0.15, 0.2) is 36.4 Å². The molecule has 0 saturated heterocycles. The van der Waals surface area contributed by atoms with Crippen molar-refractivity contribution < 1.29 is 19.1 Å². The number of anilines is 2. The van der Waals surface area contributed by atoms with Crippen LogP contribution in [0, 0.1) is 0 Å². The molecule has 0 fully saturated rings. The van der Waals surface area contributed by atoms with E-state index >= 15 is 0 Å². The molecule has 27 heavy (non-hydrogen) atoms. The standard InChI is InChI=1S/C20H21ClN2O4/c1-3-9-27-19-14(21)10-13(11-17(19)26-4-2)20(25)23-12-18(24)22-15-7-5-6-8-16(15)23/h5-8,10-11H,3-4,9,12H2,1-2H3,(H,22,24). The van der Waals surface area contributed by atoms with Crippen molar-refractivity contribution in [3.05, 3.63) is 47.0 Å². The summed E-state index contributed by atoms with van der Waals surface area (Å²) >= 11 is 6.36. The first kappa shape index (κ1) is 19.0. The topological polar surface area (TPSA) is 67.9 Å². The van der Waals surface area contributed by atoms with Gasteiger partial charge in [-0.25, -0.2) is 0 Å². The summed E-state index contributed by atoms with van der Waals surface area (Å²) < 4.78 is 11.3. The Hall–Kier alpha value is -2.73. The van der Waals surface area contributed by atoms with E-state index < -0.39 is 0 Å². The minimum atomic E-state index is -0.331. The summed E-state index contributed by atoms with van der Waals surface area (Å²) in [6.45, 7) is 4.67. The monoisotopic (exact) mass is 388 g/mol. The van der Waals surface area contributed by atoms with Crippen LogP contribution in [0.2, 0.25) is 5.02 Å². The van der Waals surface area contributed by atoms with E-state index in [0.29, 0.717) is 46.7 Å². The Kier molecular flexibility index (Phi) is 5.86. The van der Waals surface area contributed by atoms with Crippen molar-refractivity contribution in [1.82, 2.24) is 0 Å². The Morgan fingerprint density at radius 1 is 1.22 bits per heavy atom. The fraction of sp³-hybridized carbons (Fsp3) is 0.300. The minimum absolute atomic E-state index is 0.0640. The number of nitrogens with zero attached hydrogens (tertiary/aromatic N) is 1. The number of ether oxygens (including phenoxy) is 2. The van der Waals surface area contributed by atoms with E-state index in [4.69, 9.17) is 21.1 Å². The van der Waals surface area contributed by atoms with Crippen molar-refractivity contribution >= 4 is 34.8 Å². The lowest BCUT2D eigenvalue weighted by molar-refractivity contribution is -0.115. The highest BCUT2D eigenvalue weighted by Crippen LogP contribution is 2.38. The second-order valence-electron chi connectivity index (χ2n) is 6.02. The molecule has 2 aromatic rings. The molecule has 0 bridgehead atoms. The van der Waals surface area contributed by atoms with Gasteiger partial charge in [-0.2, -0.15) is 0 Å². The summed E-state index contributed by atoms with van der Waals surface area (Å²) in [7, 11) is 0. The van der Waals surface area contributed by atoms with Crippen molar-refractivity contribution in [2.75, 3.05) is 30.0 Å². The van der Waals surface area contributed by atoms with Gasteiger partial charge in [0.1, 0.15) is 6.54 Å². The van der Waals surface area contributed by atoms with Crippen molar-refractivity contribution in [3.63, 3.8) is 0 Å². The van der Waals surface area contributed by atoms with Gasteiger partial charge in [-0.15, -0.1) is 0 Å². The fourth-order valence-corrected chi connectivity index (χ4v) is 3.13. The zero-order valence-corrected chi connectivity index (χ0v) is 16.0. The van der Waals surface area contributed by atoms with E-state index in [2.05, 4.69) is 5.32 Å². The Bertz CT molecular complexity index is 869.